The fourth-order valence-corrected chi connectivity index (χ4v) is 2.39. The van der Waals surface area contributed by atoms with Crippen LogP contribution in [-0.2, 0) is 16.1 Å². The minimum Gasteiger partial charge on any atom is -0.465 e. The molecule has 4 heteroatoms. The summed E-state index contributed by atoms with van der Waals surface area (Å²) in [5.74, 6) is -0.294. The molecule has 0 radical (unpaired) electrons. The Balaban J connectivity index is 2.70. The smallest absolute Gasteiger partial charge is 0.325 e. The van der Waals surface area contributed by atoms with E-state index in [4.69, 9.17) is 4.74 Å². The molecule has 1 heterocycles. The third-order valence-corrected chi connectivity index (χ3v) is 3.55. The first-order valence-electron chi connectivity index (χ1n) is 6.71. The van der Waals surface area contributed by atoms with Gasteiger partial charge in [0.1, 0.15) is 6.54 Å². The van der Waals surface area contributed by atoms with Gasteiger partial charge in [-0.2, -0.15) is 0 Å². The minimum absolute atomic E-state index is 0.0169. The molecule has 106 valence electrons. The molecule has 0 bridgehead atoms. The van der Waals surface area contributed by atoms with Crippen LogP contribution in [0, 0.1) is 20.8 Å². The molecule has 1 aromatic heterocycles. The molecule has 2 rings (SSSR count). The van der Waals surface area contributed by atoms with Crippen molar-refractivity contribution in [3.8, 4) is 0 Å². The molecular formula is C16H19NO3. The number of rotatable bonds is 3. The lowest BCUT2D eigenvalue weighted by Crippen LogP contribution is -2.19. The molecular weight excluding hydrogens is 254 g/mol. The van der Waals surface area contributed by atoms with Gasteiger partial charge in [-0.05, 0) is 44.9 Å². The summed E-state index contributed by atoms with van der Waals surface area (Å²) in [6, 6.07) is 3.77. The Morgan fingerprint density at radius 1 is 1.20 bits per heavy atom. The standard InChI is InChI=1S/C16H19NO3/c1-5-20-14(18)9-17-8-11(3)16(19)13-7-6-10(2)12(4)15(13)17/h6-8H,5,9H2,1-4H3. The predicted molar refractivity (Wildman–Crippen MR) is 79.1 cm³/mol. The summed E-state index contributed by atoms with van der Waals surface area (Å²) in [6.45, 7) is 7.98. The molecule has 0 unspecified atom stereocenters. The molecule has 0 aliphatic carbocycles. The molecule has 2 aromatic rings. The highest BCUT2D eigenvalue weighted by Gasteiger charge is 2.12. The Bertz CT molecular complexity index is 729. The first kappa shape index (κ1) is 14.3. The number of carbonyl (C=O) groups excluding carboxylic acids is 1. The van der Waals surface area contributed by atoms with Gasteiger partial charge < -0.3 is 9.30 Å². The number of pyridine rings is 1. The van der Waals surface area contributed by atoms with Crippen molar-refractivity contribution in [1.29, 1.82) is 0 Å². The Kier molecular flexibility index (Phi) is 3.93. The molecule has 0 amide bonds. The Labute approximate surface area is 118 Å². The van der Waals surface area contributed by atoms with Gasteiger partial charge in [0.15, 0.2) is 5.43 Å². The molecule has 1 aromatic carbocycles. The molecule has 0 saturated heterocycles. The highest BCUT2D eigenvalue weighted by molar-refractivity contribution is 5.85. The molecule has 0 N–H and O–H groups in total. The van der Waals surface area contributed by atoms with E-state index < -0.39 is 0 Å². The van der Waals surface area contributed by atoms with Gasteiger partial charge in [0.2, 0.25) is 0 Å². The van der Waals surface area contributed by atoms with Gasteiger partial charge in [-0.25, -0.2) is 0 Å². The van der Waals surface area contributed by atoms with Crippen LogP contribution in [0.25, 0.3) is 10.9 Å². The van der Waals surface area contributed by atoms with Crippen LogP contribution in [0.1, 0.15) is 23.6 Å². The summed E-state index contributed by atoms with van der Waals surface area (Å²) in [5, 5.41) is 0.650. The van der Waals surface area contributed by atoms with E-state index >= 15 is 0 Å². The van der Waals surface area contributed by atoms with Gasteiger partial charge >= 0.3 is 5.97 Å². The van der Waals surface area contributed by atoms with Crippen LogP contribution in [0.5, 0.6) is 0 Å². The average molecular weight is 273 g/mol. The van der Waals surface area contributed by atoms with Gasteiger partial charge in [-0.1, -0.05) is 6.07 Å². The van der Waals surface area contributed by atoms with E-state index in [0.29, 0.717) is 17.6 Å². The minimum atomic E-state index is -0.294. The zero-order valence-corrected chi connectivity index (χ0v) is 12.3. The lowest BCUT2D eigenvalue weighted by atomic mass is 10.0. The van der Waals surface area contributed by atoms with E-state index in [9.17, 15) is 9.59 Å². The van der Waals surface area contributed by atoms with Gasteiger partial charge in [-0.3, -0.25) is 9.59 Å². The van der Waals surface area contributed by atoms with Crippen molar-refractivity contribution in [1.82, 2.24) is 4.57 Å². The number of nitrogens with zero attached hydrogens (tertiary/aromatic N) is 1. The van der Waals surface area contributed by atoms with Crippen LogP contribution in [0.2, 0.25) is 0 Å². The highest BCUT2D eigenvalue weighted by atomic mass is 16.5. The summed E-state index contributed by atoms with van der Waals surface area (Å²) < 4.78 is 6.81. The van der Waals surface area contributed by atoms with Crippen molar-refractivity contribution >= 4 is 16.9 Å². The molecule has 0 spiro atoms. The summed E-state index contributed by atoms with van der Waals surface area (Å²) in [4.78, 5) is 24.0. The van der Waals surface area contributed by atoms with E-state index in [0.717, 1.165) is 16.6 Å². The van der Waals surface area contributed by atoms with E-state index in [1.165, 1.54) is 0 Å². The van der Waals surface area contributed by atoms with Crippen molar-refractivity contribution in [2.75, 3.05) is 6.61 Å². The van der Waals surface area contributed by atoms with Crippen LogP contribution in [-0.4, -0.2) is 17.1 Å². The summed E-state index contributed by atoms with van der Waals surface area (Å²) in [7, 11) is 0. The van der Waals surface area contributed by atoms with E-state index in [2.05, 4.69) is 0 Å². The van der Waals surface area contributed by atoms with Crippen LogP contribution < -0.4 is 5.43 Å². The lowest BCUT2D eigenvalue weighted by molar-refractivity contribution is -0.143. The number of hydrogen-bond donors (Lipinski definition) is 0. The molecule has 0 aliphatic rings. The lowest BCUT2D eigenvalue weighted by Gasteiger charge is -2.15. The van der Waals surface area contributed by atoms with E-state index in [1.807, 2.05) is 30.5 Å². The van der Waals surface area contributed by atoms with Crippen LogP contribution in [0.15, 0.2) is 23.1 Å². The number of benzene rings is 1. The first-order valence-corrected chi connectivity index (χ1v) is 6.71. The first-order chi connectivity index (χ1) is 9.45. The topological polar surface area (TPSA) is 48.3 Å². The zero-order chi connectivity index (χ0) is 14.9. The second-order valence-corrected chi connectivity index (χ2v) is 4.98. The molecule has 0 saturated carbocycles. The third-order valence-electron chi connectivity index (χ3n) is 3.55. The Morgan fingerprint density at radius 2 is 1.90 bits per heavy atom. The van der Waals surface area contributed by atoms with Crippen molar-refractivity contribution in [3.05, 3.63) is 45.2 Å². The Morgan fingerprint density at radius 3 is 2.55 bits per heavy atom. The number of hydrogen-bond acceptors (Lipinski definition) is 3. The van der Waals surface area contributed by atoms with E-state index in [-0.39, 0.29) is 17.9 Å². The Hall–Kier alpha value is -2.10. The second kappa shape index (κ2) is 5.49. The number of carbonyl (C=O) groups is 1. The largest absolute Gasteiger partial charge is 0.465 e. The quantitative estimate of drug-likeness (QED) is 0.807. The van der Waals surface area contributed by atoms with Gasteiger partial charge in [0.05, 0.1) is 12.1 Å². The summed E-state index contributed by atoms with van der Waals surface area (Å²) in [6.07, 6.45) is 1.73. The number of aromatic nitrogens is 1. The molecule has 0 aliphatic heterocycles. The predicted octanol–water partition coefficient (Wildman–Crippen LogP) is 2.49. The third kappa shape index (κ3) is 2.46. The fourth-order valence-electron chi connectivity index (χ4n) is 2.39. The molecule has 4 nitrogen and oxygen atoms in total. The molecule has 0 atom stereocenters. The summed E-state index contributed by atoms with van der Waals surface area (Å²) >= 11 is 0. The SMILES string of the molecule is CCOC(=O)Cn1cc(C)c(=O)c2ccc(C)c(C)c21. The second-order valence-electron chi connectivity index (χ2n) is 4.98. The highest BCUT2D eigenvalue weighted by Crippen LogP contribution is 2.20. The van der Waals surface area contributed by atoms with Crippen molar-refractivity contribution in [2.45, 2.75) is 34.2 Å². The van der Waals surface area contributed by atoms with Crippen LogP contribution >= 0.6 is 0 Å². The number of ether oxygens (including phenoxy) is 1. The zero-order valence-electron chi connectivity index (χ0n) is 12.3. The maximum atomic E-state index is 12.2. The van der Waals surface area contributed by atoms with Gasteiger partial charge in [0, 0.05) is 17.1 Å². The van der Waals surface area contributed by atoms with Gasteiger partial charge in [-0.15, -0.1) is 0 Å². The molecule has 20 heavy (non-hydrogen) atoms. The molecule has 0 fully saturated rings. The average Bonchev–Trinajstić information content (AvgIpc) is 2.39. The number of aryl methyl sites for hydroxylation is 3. The number of fused-ring (bicyclic) bond motifs is 1. The van der Waals surface area contributed by atoms with Crippen molar-refractivity contribution in [3.63, 3.8) is 0 Å². The van der Waals surface area contributed by atoms with Crippen molar-refractivity contribution in [2.24, 2.45) is 0 Å². The van der Waals surface area contributed by atoms with E-state index in [1.54, 1.807) is 20.0 Å². The maximum Gasteiger partial charge on any atom is 0.325 e. The van der Waals surface area contributed by atoms with Crippen LogP contribution in [0.4, 0.5) is 0 Å². The monoisotopic (exact) mass is 273 g/mol. The number of esters is 1. The van der Waals surface area contributed by atoms with Crippen LogP contribution in [0.3, 0.4) is 0 Å². The van der Waals surface area contributed by atoms with Crippen molar-refractivity contribution < 1.29 is 9.53 Å². The normalized spacial score (nSPS) is 10.8. The summed E-state index contributed by atoms with van der Waals surface area (Å²) in [5.41, 5.74) is 3.57. The fraction of sp³-hybridized carbons (Fsp3) is 0.375. The van der Waals surface area contributed by atoms with Gasteiger partial charge in [0.25, 0.3) is 0 Å². The maximum absolute atomic E-state index is 12.2.